The molecular formula is C52H34N2S2. The zero-order valence-electron chi connectivity index (χ0n) is 30.3. The minimum Gasteiger partial charge on any atom is -0.359 e. The van der Waals surface area contributed by atoms with Gasteiger partial charge < -0.3 is 5.32 Å². The van der Waals surface area contributed by atoms with Crippen LogP contribution < -0.4 is 5.32 Å². The fourth-order valence-corrected chi connectivity index (χ4v) is 10.5. The summed E-state index contributed by atoms with van der Waals surface area (Å²) in [6.45, 7) is 0. The Kier molecular flexibility index (Phi) is 7.97. The van der Waals surface area contributed by atoms with E-state index in [2.05, 4.69) is 199 Å². The van der Waals surface area contributed by atoms with Crippen LogP contribution in [0.5, 0.6) is 0 Å². The molecule has 0 spiro atoms. The van der Waals surface area contributed by atoms with Crippen molar-refractivity contribution in [3.05, 3.63) is 211 Å². The molecule has 4 heteroatoms. The Morgan fingerprint density at radius 2 is 0.929 bits per heavy atom. The Morgan fingerprint density at radius 1 is 0.393 bits per heavy atom. The van der Waals surface area contributed by atoms with Crippen molar-refractivity contribution in [3.63, 3.8) is 0 Å². The molecule has 8 aromatic carbocycles. The lowest BCUT2D eigenvalue weighted by atomic mass is 9.95. The molecule has 264 valence electrons. The standard InChI is InChI=1S/C52H34N2S2/c1-3-12-33(13-4-1)34-24-26-35(27-25-34)37-16-9-17-38(30-37)39-28-29-47-43(31-39)50-40(19-10-22-48(50)56-47)45-32-44(36-14-5-2-6-15-36)53-52(54-45)42-20-11-23-49-51(42)41-18-7-8-21-46(41)55-49/h1-32,52,54H. The highest BCUT2D eigenvalue weighted by molar-refractivity contribution is 7.26. The molecule has 1 aliphatic rings. The second kappa shape index (κ2) is 13.6. The van der Waals surface area contributed by atoms with E-state index in [4.69, 9.17) is 4.99 Å². The molecule has 0 saturated heterocycles. The lowest BCUT2D eigenvalue weighted by Gasteiger charge is -2.26. The first-order valence-electron chi connectivity index (χ1n) is 19.0. The van der Waals surface area contributed by atoms with Gasteiger partial charge in [0.05, 0.1) is 5.71 Å². The first-order valence-corrected chi connectivity index (χ1v) is 20.6. The second-order valence-electron chi connectivity index (χ2n) is 14.3. The summed E-state index contributed by atoms with van der Waals surface area (Å²) in [7, 11) is 0. The summed E-state index contributed by atoms with van der Waals surface area (Å²) in [4.78, 5) is 5.41. The van der Waals surface area contributed by atoms with Gasteiger partial charge in [0.2, 0.25) is 0 Å². The van der Waals surface area contributed by atoms with Crippen LogP contribution in [0, 0.1) is 0 Å². The van der Waals surface area contributed by atoms with E-state index in [1.807, 2.05) is 22.7 Å². The van der Waals surface area contributed by atoms with Crippen LogP contribution >= 0.6 is 22.7 Å². The average molecular weight is 751 g/mol. The maximum atomic E-state index is 5.41. The van der Waals surface area contributed by atoms with Crippen molar-refractivity contribution < 1.29 is 0 Å². The van der Waals surface area contributed by atoms with E-state index in [1.165, 1.54) is 84.9 Å². The zero-order valence-corrected chi connectivity index (χ0v) is 31.9. The molecule has 0 fully saturated rings. The molecule has 10 aromatic rings. The largest absolute Gasteiger partial charge is 0.359 e. The van der Waals surface area contributed by atoms with Crippen LogP contribution in [-0.4, -0.2) is 5.71 Å². The number of rotatable bonds is 6. The molecule has 1 aliphatic heterocycles. The average Bonchev–Trinajstić information content (AvgIpc) is 3.85. The summed E-state index contributed by atoms with van der Waals surface area (Å²) in [5.74, 6) is 0. The number of hydrogen-bond donors (Lipinski definition) is 1. The van der Waals surface area contributed by atoms with Gasteiger partial charge in [-0.25, -0.2) is 0 Å². The Balaban J connectivity index is 1.01. The van der Waals surface area contributed by atoms with Gasteiger partial charge in [0.15, 0.2) is 0 Å². The highest BCUT2D eigenvalue weighted by atomic mass is 32.1. The third-order valence-electron chi connectivity index (χ3n) is 10.9. The summed E-state index contributed by atoms with van der Waals surface area (Å²) in [5, 5.41) is 9.05. The van der Waals surface area contributed by atoms with Gasteiger partial charge in [-0.1, -0.05) is 152 Å². The minimum atomic E-state index is -0.257. The molecule has 0 amide bonds. The van der Waals surface area contributed by atoms with Gasteiger partial charge in [0.1, 0.15) is 6.17 Å². The van der Waals surface area contributed by atoms with E-state index in [1.54, 1.807) is 0 Å². The molecule has 0 bridgehead atoms. The SMILES string of the molecule is C1=C(c2cccc3sc4ccc(-c5cccc(-c6ccc(-c7ccccc7)cc6)c5)cc4c23)NC(c2cccc3sc4ccccc4c23)N=C1c1ccccc1. The third-order valence-corrected chi connectivity index (χ3v) is 13.2. The van der Waals surface area contributed by atoms with Crippen LogP contribution in [0.15, 0.2) is 199 Å². The normalized spacial score (nSPS) is 14.2. The maximum Gasteiger partial charge on any atom is 0.146 e. The second-order valence-corrected chi connectivity index (χ2v) is 16.5. The van der Waals surface area contributed by atoms with Crippen LogP contribution in [0.3, 0.4) is 0 Å². The van der Waals surface area contributed by atoms with Gasteiger partial charge in [0, 0.05) is 57.2 Å². The van der Waals surface area contributed by atoms with Crippen LogP contribution in [0.25, 0.3) is 79.4 Å². The van der Waals surface area contributed by atoms with Crippen LogP contribution in [0.1, 0.15) is 22.9 Å². The Bertz CT molecular complexity index is 3150. The topological polar surface area (TPSA) is 24.4 Å². The molecule has 0 saturated carbocycles. The zero-order chi connectivity index (χ0) is 37.0. The number of benzene rings is 8. The first kappa shape index (κ1) is 32.8. The molecule has 1 unspecified atom stereocenters. The van der Waals surface area contributed by atoms with E-state index in [9.17, 15) is 0 Å². The predicted octanol–water partition coefficient (Wildman–Crippen LogP) is 14.6. The van der Waals surface area contributed by atoms with Gasteiger partial charge in [-0.2, -0.15) is 0 Å². The van der Waals surface area contributed by atoms with E-state index in [0.717, 1.165) is 17.0 Å². The number of allylic oxidation sites excluding steroid dienone is 1. The monoisotopic (exact) mass is 750 g/mol. The molecule has 56 heavy (non-hydrogen) atoms. The molecule has 11 rings (SSSR count). The molecule has 1 atom stereocenters. The van der Waals surface area contributed by atoms with Crippen molar-refractivity contribution in [2.24, 2.45) is 4.99 Å². The Morgan fingerprint density at radius 3 is 1.71 bits per heavy atom. The number of thiophene rings is 2. The highest BCUT2D eigenvalue weighted by Gasteiger charge is 2.24. The Labute approximate surface area is 333 Å². The molecule has 2 nitrogen and oxygen atoms in total. The molecule has 0 aliphatic carbocycles. The van der Waals surface area contributed by atoms with Gasteiger partial charge in [0.25, 0.3) is 0 Å². The quantitative estimate of drug-likeness (QED) is 0.180. The van der Waals surface area contributed by atoms with Crippen molar-refractivity contribution in [2.75, 3.05) is 0 Å². The number of nitrogens with one attached hydrogen (secondary N) is 1. The van der Waals surface area contributed by atoms with Gasteiger partial charge in [-0.15, -0.1) is 22.7 Å². The fourth-order valence-electron chi connectivity index (χ4n) is 8.23. The van der Waals surface area contributed by atoms with E-state index in [0.29, 0.717) is 0 Å². The van der Waals surface area contributed by atoms with Gasteiger partial charge in [-0.05, 0) is 81.4 Å². The lowest BCUT2D eigenvalue weighted by molar-refractivity contribution is 0.670. The molecule has 0 radical (unpaired) electrons. The fraction of sp³-hybridized carbons (Fsp3) is 0.0192. The lowest BCUT2D eigenvalue weighted by Crippen LogP contribution is -2.25. The van der Waals surface area contributed by atoms with Crippen molar-refractivity contribution in [1.29, 1.82) is 0 Å². The first-order chi connectivity index (χ1) is 27.7. The smallest absolute Gasteiger partial charge is 0.146 e. The van der Waals surface area contributed by atoms with E-state index < -0.39 is 0 Å². The summed E-state index contributed by atoms with van der Waals surface area (Å²) >= 11 is 3.71. The number of hydrogen-bond acceptors (Lipinski definition) is 4. The van der Waals surface area contributed by atoms with Crippen LogP contribution in [0.2, 0.25) is 0 Å². The molecule has 3 heterocycles. The predicted molar refractivity (Wildman–Crippen MR) is 242 cm³/mol. The summed E-state index contributed by atoms with van der Waals surface area (Å²) in [6, 6.07) is 68.0. The van der Waals surface area contributed by atoms with E-state index in [-0.39, 0.29) is 6.17 Å². The highest BCUT2D eigenvalue weighted by Crippen LogP contribution is 2.43. The van der Waals surface area contributed by atoms with Gasteiger partial charge in [-0.3, -0.25) is 4.99 Å². The van der Waals surface area contributed by atoms with Crippen molar-refractivity contribution in [1.82, 2.24) is 5.32 Å². The number of fused-ring (bicyclic) bond motifs is 6. The molecule has 1 N–H and O–H groups in total. The number of nitrogens with zero attached hydrogens (tertiary/aromatic N) is 1. The van der Waals surface area contributed by atoms with E-state index >= 15 is 0 Å². The third kappa shape index (κ3) is 5.74. The van der Waals surface area contributed by atoms with Crippen molar-refractivity contribution in [2.45, 2.75) is 6.17 Å². The van der Waals surface area contributed by atoms with Crippen LogP contribution in [-0.2, 0) is 0 Å². The van der Waals surface area contributed by atoms with Crippen LogP contribution in [0.4, 0.5) is 0 Å². The Hall–Kier alpha value is -6.59. The van der Waals surface area contributed by atoms with Gasteiger partial charge >= 0.3 is 0 Å². The number of aliphatic imine (C=N–C) groups is 1. The summed E-state index contributed by atoms with van der Waals surface area (Å²) < 4.78 is 5.13. The molecular weight excluding hydrogens is 717 g/mol. The van der Waals surface area contributed by atoms with Crippen molar-refractivity contribution in [3.8, 4) is 33.4 Å². The maximum absolute atomic E-state index is 5.41. The molecule has 2 aromatic heterocycles. The summed E-state index contributed by atoms with van der Waals surface area (Å²) in [6.07, 6.45) is 1.99. The summed E-state index contributed by atoms with van der Waals surface area (Å²) in [5.41, 5.74) is 12.8. The minimum absolute atomic E-state index is 0.257. The van der Waals surface area contributed by atoms with Crippen molar-refractivity contribution >= 4 is 74.4 Å².